The summed E-state index contributed by atoms with van der Waals surface area (Å²) in [4.78, 5) is 22.8. The van der Waals surface area contributed by atoms with Gasteiger partial charge in [-0.15, -0.1) is 0 Å². The summed E-state index contributed by atoms with van der Waals surface area (Å²) in [6.07, 6.45) is 1.43. The van der Waals surface area contributed by atoms with Crippen molar-refractivity contribution in [3.8, 4) is 0 Å². The van der Waals surface area contributed by atoms with E-state index in [1.54, 1.807) is 18.2 Å². The first-order valence-corrected chi connectivity index (χ1v) is 6.75. The maximum Gasteiger partial charge on any atom is 0.335 e. The molecule has 0 saturated carbocycles. The Morgan fingerprint density at radius 2 is 1.87 bits per heavy atom. The SMILES string of the molecule is O=C(O)c1ccc(/C=N/NC(=O)c2n[nH]c3ccccc23)cc1. The molecule has 114 valence electrons. The van der Waals surface area contributed by atoms with E-state index in [1.165, 1.54) is 18.3 Å². The fraction of sp³-hybridized carbons (Fsp3) is 0. The second-order valence-electron chi connectivity index (χ2n) is 4.74. The van der Waals surface area contributed by atoms with Crippen molar-refractivity contribution in [3.05, 3.63) is 65.4 Å². The van der Waals surface area contributed by atoms with E-state index in [-0.39, 0.29) is 11.3 Å². The van der Waals surface area contributed by atoms with E-state index in [4.69, 9.17) is 5.11 Å². The van der Waals surface area contributed by atoms with Crippen molar-refractivity contribution in [1.29, 1.82) is 0 Å². The van der Waals surface area contributed by atoms with Crippen LogP contribution in [0.15, 0.2) is 53.6 Å². The Hall–Kier alpha value is -3.48. The summed E-state index contributed by atoms with van der Waals surface area (Å²) in [5.74, 6) is -1.42. The Labute approximate surface area is 130 Å². The first kappa shape index (κ1) is 14.5. The van der Waals surface area contributed by atoms with Crippen molar-refractivity contribution in [1.82, 2.24) is 15.6 Å². The number of benzene rings is 2. The maximum absolute atomic E-state index is 12.1. The van der Waals surface area contributed by atoms with E-state index in [0.29, 0.717) is 10.9 Å². The third kappa shape index (κ3) is 3.08. The first-order chi connectivity index (χ1) is 11.1. The molecule has 7 nitrogen and oxygen atoms in total. The predicted molar refractivity (Wildman–Crippen MR) is 84.6 cm³/mol. The topological polar surface area (TPSA) is 107 Å². The van der Waals surface area contributed by atoms with Crippen molar-refractivity contribution in [3.63, 3.8) is 0 Å². The van der Waals surface area contributed by atoms with Gasteiger partial charge in [0.05, 0.1) is 17.3 Å². The van der Waals surface area contributed by atoms with Gasteiger partial charge in [-0.25, -0.2) is 10.2 Å². The van der Waals surface area contributed by atoms with E-state index < -0.39 is 11.9 Å². The minimum Gasteiger partial charge on any atom is -0.478 e. The lowest BCUT2D eigenvalue weighted by atomic mass is 10.1. The summed E-state index contributed by atoms with van der Waals surface area (Å²) in [6, 6.07) is 13.4. The molecular weight excluding hydrogens is 296 g/mol. The molecule has 2 aromatic carbocycles. The minimum absolute atomic E-state index is 0.189. The molecule has 0 aliphatic heterocycles. The highest BCUT2D eigenvalue weighted by Gasteiger charge is 2.12. The Morgan fingerprint density at radius 3 is 2.61 bits per heavy atom. The molecule has 3 rings (SSSR count). The number of carboxylic acids is 1. The number of aromatic amines is 1. The lowest BCUT2D eigenvalue weighted by Gasteiger charge is -1.97. The van der Waals surface area contributed by atoms with Gasteiger partial charge >= 0.3 is 5.97 Å². The maximum atomic E-state index is 12.1. The number of nitrogens with zero attached hydrogens (tertiary/aromatic N) is 2. The molecule has 0 fully saturated rings. The summed E-state index contributed by atoms with van der Waals surface area (Å²) in [5.41, 5.74) is 4.28. The number of para-hydroxylation sites is 1. The first-order valence-electron chi connectivity index (χ1n) is 6.75. The van der Waals surface area contributed by atoms with E-state index in [0.717, 1.165) is 5.52 Å². The second-order valence-corrected chi connectivity index (χ2v) is 4.74. The van der Waals surface area contributed by atoms with Crippen LogP contribution in [0.5, 0.6) is 0 Å². The molecule has 1 amide bonds. The lowest BCUT2D eigenvalue weighted by Crippen LogP contribution is -2.18. The molecule has 0 aliphatic carbocycles. The molecule has 1 aromatic heterocycles. The number of fused-ring (bicyclic) bond motifs is 1. The van der Waals surface area contributed by atoms with Crippen molar-refractivity contribution in [2.24, 2.45) is 5.10 Å². The zero-order valence-electron chi connectivity index (χ0n) is 11.9. The number of amides is 1. The molecule has 0 unspecified atom stereocenters. The standard InChI is InChI=1S/C16H12N4O3/c21-15(14-12-3-1-2-4-13(12)18-19-14)20-17-9-10-5-7-11(8-6-10)16(22)23/h1-9H,(H,18,19)(H,20,21)(H,22,23)/b17-9+. The smallest absolute Gasteiger partial charge is 0.335 e. The van der Waals surface area contributed by atoms with Gasteiger partial charge in [-0.3, -0.25) is 9.89 Å². The largest absolute Gasteiger partial charge is 0.478 e. The number of hydrogen-bond acceptors (Lipinski definition) is 4. The fourth-order valence-corrected chi connectivity index (χ4v) is 2.07. The van der Waals surface area contributed by atoms with Gasteiger partial charge < -0.3 is 5.11 Å². The Kier molecular flexibility index (Phi) is 3.84. The molecule has 0 bridgehead atoms. The van der Waals surface area contributed by atoms with Crippen LogP contribution in [0.25, 0.3) is 10.9 Å². The van der Waals surface area contributed by atoms with Crippen molar-refractivity contribution in [2.45, 2.75) is 0 Å². The summed E-state index contributed by atoms with van der Waals surface area (Å²) in [7, 11) is 0. The Balaban J connectivity index is 1.70. The van der Waals surface area contributed by atoms with Crippen LogP contribution < -0.4 is 5.43 Å². The molecule has 0 aliphatic rings. The third-order valence-corrected chi connectivity index (χ3v) is 3.22. The van der Waals surface area contributed by atoms with Crippen LogP contribution >= 0.6 is 0 Å². The van der Waals surface area contributed by atoms with Gasteiger partial charge in [-0.1, -0.05) is 30.3 Å². The molecule has 0 spiro atoms. The average Bonchev–Trinajstić information content (AvgIpc) is 2.99. The van der Waals surface area contributed by atoms with Gasteiger partial charge in [0.25, 0.3) is 5.91 Å². The molecule has 0 saturated heterocycles. The summed E-state index contributed by atoms with van der Waals surface area (Å²) in [5, 5.41) is 20.1. The number of carbonyl (C=O) groups is 2. The van der Waals surface area contributed by atoms with Gasteiger partial charge in [-0.05, 0) is 23.8 Å². The molecular formula is C16H12N4O3. The number of aromatic nitrogens is 2. The van der Waals surface area contributed by atoms with Crippen LogP contribution in [0.1, 0.15) is 26.4 Å². The van der Waals surface area contributed by atoms with Crippen LogP contribution in [-0.2, 0) is 0 Å². The molecule has 3 N–H and O–H groups in total. The molecule has 23 heavy (non-hydrogen) atoms. The van der Waals surface area contributed by atoms with Crippen molar-refractivity contribution >= 4 is 29.0 Å². The molecule has 7 heteroatoms. The highest BCUT2D eigenvalue weighted by molar-refractivity contribution is 6.04. The summed E-state index contributed by atoms with van der Waals surface area (Å²) < 4.78 is 0. The number of carbonyl (C=O) groups excluding carboxylic acids is 1. The predicted octanol–water partition coefficient (Wildman–Crippen LogP) is 2.02. The lowest BCUT2D eigenvalue weighted by molar-refractivity contribution is 0.0696. The zero-order chi connectivity index (χ0) is 16.2. The normalized spacial score (nSPS) is 11.0. The number of carboxylic acid groups (broad SMARTS) is 1. The van der Waals surface area contributed by atoms with E-state index in [9.17, 15) is 9.59 Å². The molecule has 0 atom stereocenters. The van der Waals surface area contributed by atoms with Crippen LogP contribution in [0, 0.1) is 0 Å². The highest BCUT2D eigenvalue weighted by atomic mass is 16.4. The molecule has 0 radical (unpaired) electrons. The van der Waals surface area contributed by atoms with E-state index in [2.05, 4.69) is 20.7 Å². The average molecular weight is 308 g/mol. The monoisotopic (exact) mass is 308 g/mol. The van der Waals surface area contributed by atoms with Crippen LogP contribution in [0.4, 0.5) is 0 Å². The second kappa shape index (κ2) is 6.10. The Bertz CT molecular complexity index is 897. The van der Waals surface area contributed by atoms with Gasteiger partial charge in [0.2, 0.25) is 0 Å². The summed E-state index contributed by atoms with van der Waals surface area (Å²) in [6.45, 7) is 0. The van der Waals surface area contributed by atoms with Crippen LogP contribution in [0.3, 0.4) is 0 Å². The highest BCUT2D eigenvalue weighted by Crippen LogP contribution is 2.14. The van der Waals surface area contributed by atoms with Gasteiger partial charge in [0.15, 0.2) is 5.69 Å². The van der Waals surface area contributed by atoms with Crippen molar-refractivity contribution in [2.75, 3.05) is 0 Å². The minimum atomic E-state index is -0.993. The summed E-state index contributed by atoms with van der Waals surface area (Å²) >= 11 is 0. The van der Waals surface area contributed by atoms with E-state index in [1.807, 2.05) is 18.2 Å². The third-order valence-electron chi connectivity index (χ3n) is 3.22. The van der Waals surface area contributed by atoms with E-state index >= 15 is 0 Å². The zero-order valence-corrected chi connectivity index (χ0v) is 11.9. The number of H-pyrrole nitrogens is 1. The van der Waals surface area contributed by atoms with Gasteiger partial charge in [0, 0.05) is 5.39 Å². The number of aromatic carboxylic acids is 1. The van der Waals surface area contributed by atoms with Gasteiger partial charge in [-0.2, -0.15) is 10.2 Å². The number of hydrogen-bond donors (Lipinski definition) is 3. The molecule has 3 aromatic rings. The quantitative estimate of drug-likeness (QED) is 0.506. The van der Waals surface area contributed by atoms with Crippen molar-refractivity contribution < 1.29 is 14.7 Å². The number of nitrogens with one attached hydrogen (secondary N) is 2. The van der Waals surface area contributed by atoms with Crippen LogP contribution in [-0.4, -0.2) is 33.4 Å². The van der Waals surface area contributed by atoms with Crippen LogP contribution in [0.2, 0.25) is 0 Å². The number of hydrazone groups is 1. The Morgan fingerprint density at radius 1 is 1.13 bits per heavy atom. The number of rotatable bonds is 4. The fourth-order valence-electron chi connectivity index (χ4n) is 2.07. The van der Waals surface area contributed by atoms with Gasteiger partial charge in [0.1, 0.15) is 0 Å². The molecule has 1 heterocycles.